The third kappa shape index (κ3) is 1.29. The fraction of sp³-hybridized carbons (Fsp3) is 0.778. The van der Waals surface area contributed by atoms with Crippen LogP contribution in [0.1, 0.15) is 19.3 Å². The van der Waals surface area contributed by atoms with E-state index in [1.165, 1.54) is 0 Å². The zero-order valence-electron chi connectivity index (χ0n) is 6.99. The van der Waals surface area contributed by atoms with Gasteiger partial charge < -0.3 is 4.90 Å². The number of hydrogen-bond donors (Lipinski definition) is 0. The van der Waals surface area contributed by atoms with Gasteiger partial charge in [0.05, 0.1) is 12.0 Å². The van der Waals surface area contributed by atoms with Crippen LogP contribution in [0.2, 0.25) is 0 Å². The van der Waals surface area contributed by atoms with Crippen LogP contribution in [0.5, 0.6) is 0 Å². The Balaban J connectivity index is 1.90. The van der Waals surface area contributed by atoms with E-state index in [1.54, 1.807) is 0 Å². The third-order valence-corrected chi connectivity index (χ3v) is 2.61. The van der Waals surface area contributed by atoms with E-state index >= 15 is 0 Å². The molecule has 1 atom stereocenters. The molecule has 12 heavy (non-hydrogen) atoms. The largest absolute Gasteiger partial charge is 0.341 e. The van der Waals surface area contributed by atoms with Gasteiger partial charge in [0.25, 0.3) is 0 Å². The highest BCUT2D eigenvalue weighted by Gasteiger charge is 2.36. The Morgan fingerprint density at radius 3 is 2.67 bits per heavy atom. The Morgan fingerprint density at radius 2 is 2.17 bits per heavy atom. The molecule has 3 heteroatoms. The van der Waals surface area contributed by atoms with Gasteiger partial charge in [0.1, 0.15) is 0 Å². The number of nitriles is 1. The smallest absolute Gasteiger partial charge is 0.225 e. The average molecular weight is 164 g/mol. The molecule has 0 radical (unpaired) electrons. The van der Waals surface area contributed by atoms with Gasteiger partial charge in [-0.15, -0.1) is 0 Å². The lowest BCUT2D eigenvalue weighted by atomic mass is 10.1. The lowest BCUT2D eigenvalue weighted by molar-refractivity contribution is -0.131. The van der Waals surface area contributed by atoms with E-state index in [0.29, 0.717) is 12.5 Å². The van der Waals surface area contributed by atoms with Crippen LogP contribution in [0.4, 0.5) is 0 Å². The molecular weight excluding hydrogens is 152 g/mol. The van der Waals surface area contributed by atoms with Gasteiger partial charge in [-0.1, -0.05) is 0 Å². The van der Waals surface area contributed by atoms with Crippen molar-refractivity contribution < 1.29 is 4.79 Å². The van der Waals surface area contributed by atoms with Crippen LogP contribution in [-0.2, 0) is 4.79 Å². The van der Waals surface area contributed by atoms with Crippen molar-refractivity contribution in [1.29, 1.82) is 5.26 Å². The quantitative estimate of drug-likeness (QED) is 0.574. The van der Waals surface area contributed by atoms with Crippen LogP contribution in [0, 0.1) is 23.2 Å². The topological polar surface area (TPSA) is 44.1 Å². The predicted molar refractivity (Wildman–Crippen MR) is 43.0 cm³/mol. The first-order chi connectivity index (χ1) is 5.81. The molecule has 0 aromatic rings. The van der Waals surface area contributed by atoms with E-state index in [0.717, 1.165) is 25.8 Å². The number of amides is 1. The van der Waals surface area contributed by atoms with Crippen LogP contribution in [0.15, 0.2) is 0 Å². The van der Waals surface area contributed by atoms with Gasteiger partial charge in [-0.2, -0.15) is 5.26 Å². The molecule has 2 fully saturated rings. The number of carbonyl (C=O) groups excluding carboxylic acids is 1. The maximum atomic E-state index is 11.5. The second kappa shape index (κ2) is 2.78. The van der Waals surface area contributed by atoms with E-state index in [1.807, 2.05) is 4.90 Å². The molecule has 1 aliphatic carbocycles. The molecule has 1 saturated carbocycles. The van der Waals surface area contributed by atoms with Gasteiger partial charge in [0, 0.05) is 19.0 Å². The molecular formula is C9H12N2O. The molecule has 3 nitrogen and oxygen atoms in total. The monoisotopic (exact) mass is 164 g/mol. The summed E-state index contributed by atoms with van der Waals surface area (Å²) in [6.07, 6.45) is 2.99. The van der Waals surface area contributed by atoms with Gasteiger partial charge in [-0.3, -0.25) is 4.79 Å². The van der Waals surface area contributed by atoms with Gasteiger partial charge >= 0.3 is 0 Å². The molecule has 2 aliphatic rings. The van der Waals surface area contributed by atoms with Crippen molar-refractivity contribution in [2.24, 2.45) is 11.8 Å². The second-order valence-corrected chi connectivity index (χ2v) is 3.67. The summed E-state index contributed by atoms with van der Waals surface area (Å²) in [6.45, 7) is 1.47. The molecule has 64 valence electrons. The Bertz CT molecular complexity index is 239. The summed E-state index contributed by atoms with van der Waals surface area (Å²) in [5.41, 5.74) is 0. The minimum absolute atomic E-state index is 0.0905. The second-order valence-electron chi connectivity index (χ2n) is 3.67. The Kier molecular flexibility index (Phi) is 1.76. The first-order valence-corrected chi connectivity index (χ1v) is 4.49. The highest BCUT2D eigenvalue weighted by molar-refractivity contribution is 5.81. The fourth-order valence-electron chi connectivity index (χ4n) is 1.65. The van der Waals surface area contributed by atoms with Crippen molar-refractivity contribution in [3.63, 3.8) is 0 Å². The van der Waals surface area contributed by atoms with Crippen molar-refractivity contribution in [3.05, 3.63) is 0 Å². The van der Waals surface area contributed by atoms with E-state index in [9.17, 15) is 4.79 Å². The summed E-state index contributed by atoms with van der Waals surface area (Å²) in [7, 11) is 0. The number of hydrogen-bond acceptors (Lipinski definition) is 2. The lowest BCUT2D eigenvalue weighted by Gasteiger charge is -2.14. The van der Waals surface area contributed by atoms with Gasteiger partial charge in [0.2, 0.25) is 5.91 Å². The van der Waals surface area contributed by atoms with Gasteiger partial charge in [0.15, 0.2) is 0 Å². The standard InChI is InChI=1S/C9H12N2O/c10-5-7-3-4-11(6-7)9(12)8-1-2-8/h7-8H,1-4,6H2/t7-/m0/s1. The van der Waals surface area contributed by atoms with Crippen molar-refractivity contribution >= 4 is 5.91 Å². The summed E-state index contributed by atoms with van der Waals surface area (Å²) in [4.78, 5) is 13.3. The predicted octanol–water partition coefficient (Wildman–Crippen LogP) is 0.768. The first kappa shape index (κ1) is 7.60. The maximum Gasteiger partial charge on any atom is 0.225 e. The molecule has 0 aromatic heterocycles. The third-order valence-electron chi connectivity index (χ3n) is 2.61. The molecule has 0 aromatic carbocycles. The highest BCUT2D eigenvalue weighted by atomic mass is 16.2. The van der Waals surface area contributed by atoms with Crippen LogP contribution in [-0.4, -0.2) is 23.9 Å². The summed E-state index contributed by atoms with van der Waals surface area (Å²) < 4.78 is 0. The molecule has 0 unspecified atom stereocenters. The van der Waals surface area contributed by atoms with Crippen molar-refractivity contribution in [2.75, 3.05) is 13.1 Å². The minimum atomic E-state index is 0.0905. The van der Waals surface area contributed by atoms with Crippen LogP contribution >= 0.6 is 0 Å². The van der Waals surface area contributed by atoms with E-state index in [4.69, 9.17) is 5.26 Å². The number of rotatable bonds is 1. The van der Waals surface area contributed by atoms with Crippen molar-refractivity contribution in [1.82, 2.24) is 4.90 Å². The molecule has 0 bridgehead atoms. The SMILES string of the molecule is N#C[C@@H]1CCN(C(=O)C2CC2)C1. The fourth-order valence-corrected chi connectivity index (χ4v) is 1.65. The van der Waals surface area contributed by atoms with E-state index < -0.39 is 0 Å². The Labute approximate surface area is 72.0 Å². The maximum absolute atomic E-state index is 11.5. The number of carbonyl (C=O) groups is 1. The van der Waals surface area contributed by atoms with Crippen LogP contribution < -0.4 is 0 Å². The Morgan fingerprint density at radius 1 is 1.42 bits per heavy atom. The Hall–Kier alpha value is -1.04. The normalized spacial score (nSPS) is 28.6. The molecule has 1 heterocycles. The summed E-state index contributed by atoms with van der Waals surface area (Å²) >= 11 is 0. The summed E-state index contributed by atoms with van der Waals surface area (Å²) in [5, 5.41) is 8.63. The molecule has 1 saturated heterocycles. The summed E-state index contributed by atoms with van der Waals surface area (Å²) in [5.74, 6) is 0.683. The van der Waals surface area contributed by atoms with Crippen LogP contribution in [0.3, 0.4) is 0 Å². The number of likely N-dealkylation sites (tertiary alicyclic amines) is 1. The van der Waals surface area contributed by atoms with E-state index in [-0.39, 0.29) is 11.8 Å². The van der Waals surface area contributed by atoms with Gasteiger partial charge in [-0.05, 0) is 19.3 Å². The number of nitrogens with zero attached hydrogens (tertiary/aromatic N) is 2. The minimum Gasteiger partial charge on any atom is -0.341 e. The van der Waals surface area contributed by atoms with E-state index in [2.05, 4.69) is 6.07 Å². The summed E-state index contributed by atoms with van der Waals surface area (Å²) in [6, 6.07) is 2.21. The van der Waals surface area contributed by atoms with Crippen molar-refractivity contribution in [2.45, 2.75) is 19.3 Å². The molecule has 0 spiro atoms. The first-order valence-electron chi connectivity index (χ1n) is 4.49. The molecule has 1 aliphatic heterocycles. The highest BCUT2D eigenvalue weighted by Crippen LogP contribution is 2.32. The molecule has 2 rings (SSSR count). The van der Waals surface area contributed by atoms with Crippen molar-refractivity contribution in [3.8, 4) is 6.07 Å². The zero-order valence-corrected chi connectivity index (χ0v) is 6.99. The zero-order chi connectivity index (χ0) is 8.55. The average Bonchev–Trinajstić information content (AvgIpc) is 2.82. The van der Waals surface area contributed by atoms with Gasteiger partial charge in [-0.25, -0.2) is 0 Å². The lowest BCUT2D eigenvalue weighted by Crippen LogP contribution is -2.29. The molecule has 1 amide bonds. The molecule has 0 N–H and O–H groups in total. The van der Waals surface area contributed by atoms with Crippen LogP contribution in [0.25, 0.3) is 0 Å².